The number of hydrogen-bond donors (Lipinski definition) is 3. The van der Waals surface area contributed by atoms with Crippen LogP contribution in [0.4, 0.5) is 5.69 Å². The number of benzene rings is 1. The van der Waals surface area contributed by atoms with Crippen LogP contribution in [0.2, 0.25) is 0 Å². The van der Waals surface area contributed by atoms with Gasteiger partial charge in [-0.05, 0) is 6.07 Å². The summed E-state index contributed by atoms with van der Waals surface area (Å²) in [6.45, 7) is 3.25. The molecule has 1 atom stereocenters. The maximum absolute atomic E-state index is 10.6. The second-order valence-corrected chi connectivity index (χ2v) is 4.62. The summed E-state index contributed by atoms with van der Waals surface area (Å²) >= 11 is 0. The predicted molar refractivity (Wildman–Crippen MR) is 62.6 cm³/mol. The Bertz CT molecular complexity index is 431. The molecule has 1 aromatic rings. The topological polar surface area (TPSA) is 110 Å². The van der Waals surface area contributed by atoms with Gasteiger partial charge in [0.1, 0.15) is 5.75 Å². The summed E-state index contributed by atoms with van der Waals surface area (Å²) in [6.07, 6.45) is 0. The average molecular weight is 240 g/mol. The number of phenolic OH excluding ortho intramolecular Hbond substituents is 1. The van der Waals surface area contributed by atoms with Crippen molar-refractivity contribution < 1.29 is 15.1 Å². The lowest BCUT2D eigenvalue weighted by Crippen LogP contribution is -2.32. The molecule has 6 heteroatoms. The lowest BCUT2D eigenvalue weighted by molar-refractivity contribution is -0.385. The van der Waals surface area contributed by atoms with Gasteiger partial charge in [0.25, 0.3) is 5.69 Å². The molecule has 6 nitrogen and oxygen atoms in total. The van der Waals surface area contributed by atoms with E-state index in [0.717, 1.165) is 0 Å². The lowest BCUT2D eigenvalue weighted by Gasteiger charge is -2.29. The summed E-state index contributed by atoms with van der Waals surface area (Å²) in [5, 5.41) is 29.5. The van der Waals surface area contributed by atoms with E-state index in [-0.39, 0.29) is 23.6 Å². The van der Waals surface area contributed by atoms with Crippen molar-refractivity contribution >= 4 is 5.69 Å². The largest absolute Gasteiger partial charge is 0.508 e. The van der Waals surface area contributed by atoms with Gasteiger partial charge in [-0.2, -0.15) is 0 Å². The third-order valence-corrected chi connectivity index (χ3v) is 2.81. The van der Waals surface area contributed by atoms with Crippen molar-refractivity contribution in [2.24, 2.45) is 11.1 Å². The number of hydrogen-bond acceptors (Lipinski definition) is 5. The van der Waals surface area contributed by atoms with Crippen LogP contribution in [-0.4, -0.2) is 21.7 Å². The predicted octanol–water partition coefficient (Wildman–Crippen LogP) is 1.32. The molecule has 0 aromatic heterocycles. The molecule has 0 aliphatic carbocycles. The van der Waals surface area contributed by atoms with Crippen molar-refractivity contribution in [3.63, 3.8) is 0 Å². The summed E-state index contributed by atoms with van der Waals surface area (Å²) in [4.78, 5) is 10.1. The van der Waals surface area contributed by atoms with Crippen molar-refractivity contribution in [2.75, 3.05) is 6.61 Å². The summed E-state index contributed by atoms with van der Waals surface area (Å²) in [5.41, 5.74) is 5.36. The quantitative estimate of drug-likeness (QED) is 0.543. The fourth-order valence-electron chi connectivity index (χ4n) is 1.42. The summed E-state index contributed by atoms with van der Waals surface area (Å²) in [6, 6.07) is 2.99. The SMILES string of the molecule is CC(C)(CO)[C@@H](N)c1cc([N+](=O)[O-])ccc1O. The highest BCUT2D eigenvalue weighted by molar-refractivity contribution is 5.45. The molecule has 0 aliphatic heterocycles. The van der Waals surface area contributed by atoms with Crippen LogP contribution in [0.5, 0.6) is 5.75 Å². The Morgan fingerprint density at radius 3 is 2.59 bits per heavy atom. The van der Waals surface area contributed by atoms with Gasteiger partial charge in [-0.1, -0.05) is 13.8 Å². The second kappa shape index (κ2) is 4.68. The highest BCUT2D eigenvalue weighted by Crippen LogP contribution is 2.36. The van der Waals surface area contributed by atoms with Crippen molar-refractivity contribution in [1.82, 2.24) is 0 Å². The minimum atomic E-state index is -0.688. The van der Waals surface area contributed by atoms with Gasteiger partial charge in [0.05, 0.1) is 4.92 Å². The molecule has 0 amide bonds. The van der Waals surface area contributed by atoms with Crippen molar-refractivity contribution in [1.29, 1.82) is 0 Å². The smallest absolute Gasteiger partial charge is 0.270 e. The van der Waals surface area contributed by atoms with Crippen LogP contribution in [0.15, 0.2) is 18.2 Å². The number of aliphatic hydroxyl groups excluding tert-OH is 1. The fraction of sp³-hybridized carbons (Fsp3) is 0.455. The van der Waals surface area contributed by atoms with Crippen LogP contribution in [0.3, 0.4) is 0 Å². The first-order chi connectivity index (χ1) is 7.79. The van der Waals surface area contributed by atoms with Gasteiger partial charge in [-0.3, -0.25) is 10.1 Å². The normalized spacial score (nSPS) is 13.4. The van der Waals surface area contributed by atoms with E-state index in [1.807, 2.05) is 0 Å². The summed E-state index contributed by atoms with van der Waals surface area (Å²) < 4.78 is 0. The molecule has 1 rings (SSSR count). The molecule has 17 heavy (non-hydrogen) atoms. The molecule has 94 valence electrons. The van der Waals surface area contributed by atoms with Gasteiger partial charge in [0.15, 0.2) is 0 Å². The van der Waals surface area contributed by atoms with E-state index in [4.69, 9.17) is 5.73 Å². The zero-order chi connectivity index (χ0) is 13.2. The van der Waals surface area contributed by atoms with E-state index in [0.29, 0.717) is 0 Å². The van der Waals surface area contributed by atoms with E-state index in [9.17, 15) is 20.3 Å². The molecule has 0 radical (unpaired) electrons. The van der Waals surface area contributed by atoms with Gasteiger partial charge < -0.3 is 15.9 Å². The molecule has 0 saturated heterocycles. The van der Waals surface area contributed by atoms with Crippen molar-refractivity contribution in [2.45, 2.75) is 19.9 Å². The zero-order valence-electron chi connectivity index (χ0n) is 9.75. The van der Waals surface area contributed by atoms with Gasteiger partial charge in [0.2, 0.25) is 0 Å². The van der Waals surface area contributed by atoms with Crippen LogP contribution in [0.1, 0.15) is 25.5 Å². The lowest BCUT2D eigenvalue weighted by atomic mass is 9.81. The Morgan fingerprint density at radius 1 is 1.53 bits per heavy atom. The zero-order valence-corrected chi connectivity index (χ0v) is 9.75. The molecule has 0 spiro atoms. The summed E-state index contributed by atoms with van der Waals surface area (Å²) in [7, 11) is 0. The highest BCUT2D eigenvalue weighted by atomic mass is 16.6. The molecule has 0 unspecified atom stereocenters. The third-order valence-electron chi connectivity index (χ3n) is 2.81. The number of nitro benzene ring substituents is 1. The number of nitrogens with two attached hydrogens (primary N) is 1. The minimum Gasteiger partial charge on any atom is -0.508 e. The average Bonchev–Trinajstić information content (AvgIpc) is 2.28. The standard InChI is InChI=1S/C11H16N2O4/c1-11(2,6-14)10(12)8-5-7(13(16)17)3-4-9(8)15/h3-5,10,14-15H,6,12H2,1-2H3/t10-/m0/s1. The number of nitro groups is 1. The Hall–Kier alpha value is -1.66. The highest BCUT2D eigenvalue weighted by Gasteiger charge is 2.30. The van der Waals surface area contributed by atoms with E-state index >= 15 is 0 Å². The maximum Gasteiger partial charge on any atom is 0.270 e. The van der Waals surface area contributed by atoms with Crippen LogP contribution in [0.25, 0.3) is 0 Å². The number of phenols is 1. The van der Waals surface area contributed by atoms with Crippen LogP contribution < -0.4 is 5.73 Å². The van der Waals surface area contributed by atoms with Gasteiger partial charge in [-0.15, -0.1) is 0 Å². The summed E-state index contributed by atoms with van der Waals surface area (Å²) in [5.74, 6) is -0.107. The first-order valence-electron chi connectivity index (χ1n) is 5.13. The molecule has 0 fully saturated rings. The Balaban J connectivity index is 3.21. The van der Waals surface area contributed by atoms with Crippen LogP contribution >= 0.6 is 0 Å². The number of rotatable bonds is 4. The van der Waals surface area contributed by atoms with Gasteiger partial charge >= 0.3 is 0 Å². The Kier molecular flexibility index (Phi) is 3.69. The maximum atomic E-state index is 10.6. The molecule has 1 aromatic carbocycles. The number of non-ortho nitro benzene ring substituents is 1. The van der Waals surface area contributed by atoms with Gasteiger partial charge in [-0.25, -0.2) is 0 Å². The van der Waals surface area contributed by atoms with E-state index in [1.54, 1.807) is 13.8 Å². The molecular formula is C11H16N2O4. The third kappa shape index (κ3) is 2.72. The molecule has 0 aliphatic rings. The molecule has 0 heterocycles. The fourth-order valence-corrected chi connectivity index (χ4v) is 1.42. The molecule has 4 N–H and O–H groups in total. The van der Waals surface area contributed by atoms with Crippen molar-refractivity contribution in [3.05, 3.63) is 33.9 Å². The Labute approximate surface area is 98.8 Å². The van der Waals surface area contributed by atoms with E-state index in [1.165, 1.54) is 18.2 Å². The van der Waals surface area contributed by atoms with Crippen LogP contribution in [0, 0.1) is 15.5 Å². The van der Waals surface area contributed by atoms with Crippen LogP contribution in [-0.2, 0) is 0 Å². The molecular weight excluding hydrogens is 224 g/mol. The number of aliphatic hydroxyl groups is 1. The number of aromatic hydroxyl groups is 1. The molecule has 0 bridgehead atoms. The van der Waals surface area contributed by atoms with Crippen molar-refractivity contribution in [3.8, 4) is 5.75 Å². The molecule has 0 saturated carbocycles. The van der Waals surface area contributed by atoms with Gasteiger partial charge in [0, 0.05) is 35.8 Å². The van der Waals surface area contributed by atoms with E-state index < -0.39 is 16.4 Å². The first-order valence-corrected chi connectivity index (χ1v) is 5.13. The second-order valence-electron chi connectivity index (χ2n) is 4.62. The monoisotopic (exact) mass is 240 g/mol. The first kappa shape index (κ1) is 13.4. The Morgan fingerprint density at radius 2 is 2.12 bits per heavy atom. The number of nitrogens with zero attached hydrogens (tertiary/aromatic N) is 1. The van der Waals surface area contributed by atoms with E-state index in [2.05, 4.69) is 0 Å². The minimum absolute atomic E-state index is 0.107.